The summed E-state index contributed by atoms with van der Waals surface area (Å²) < 4.78 is 0. The van der Waals surface area contributed by atoms with Crippen molar-refractivity contribution in [2.75, 3.05) is 26.2 Å². The predicted molar refractivity (Wildman–Crippen MR) is 57.6 cm³/mol. The number of hydrogen-bond donors (Lipinski definition) is 1. The first kappa shape index (κ1) is 9.21. The number of nitrogens with zero attached hydrogens (tertiary/aromatic N) is 2. The molecule has 0 saturated carbocycles. The lowest BCUT2D eigenvalue weighted by atomic mass is 10.2. The van der Waals surface area contributed by atoms with Gasteiger partial charge in [0.15, 0.2) is 5.11 Å². The molecule has 2 N–H and O–H groups in total. The molecule has 0 aliphatic carbocycles. The molecule has 2 saturated heterocycles. The average molecular weight is 199 g/mol. The zero-order valence-corrected chi connectivity index (χ0v) is 8.72. The number of fused-ring (bicyclic) bond motifs is 1. The Morgan fingerprint density at radius 1 is 1.23 bits per heavy atom. The normalized spacial score (nSPS) is 29.8. The summed E-state index contributed by atoms with van der Waals surface area (Å²) in [6, 6.07) is 0.712. The lowest BCUT2D eigenvalue weighted by Crippen LogP contribution is -2.41. The maximum Gasteiger partial charge on any atom is 0.166 e. The van der Waals surface area contributed by atoms with Crippen LogP contribution >= 0.6 is 12.2 Å². The van der Waals surface area contributed by atoms with Crippen molar-refractivity contribution >= 4 is 17.3 Å². The first-order valence-electron chi connectivity index (χ1n) is 5.06. The van der Waals surface area contributed by atoms with Crippen molar-refractivity contribution in [2.24, 2.45) is 5.73 Å². The highest BCUT2D eigenvalue weighted by atomic mass is 32.1. The van der Waals surface area contributed by atoms with Crippen molar-refractivity contribution < 1.29 is 0 Å². The van der Waals surface area contributed by atoms with Crippen molar-refractivity contribution in [1.29, 1.82) is 0 Å². The van der Waals surface area contributed by atoms with E-state index in [1.807, 2.05) is 0 Å². The fourth-order valence-electron chi connectivity index (χ4n) is 2.41. The van der Waals surface area contributed by atoms with E-state index in [0.29, 0.717) is 11.2 Å². The molecule has 3 nitrogen and oxygen atoms in total. The average Bonchev–Trinajstić information content (AvgIpc) is 2.42. The summed E-state index contributed by atoms with van der Waals surface area (Å²) >= 11 is 5.02. The molecule has 0 spiro atoms. The van der Waals surface area contributed by atoms with E-state index in [1.165, 1.54) is 32.4 Å². The highest BCUT2D eigenvalue weighted by molar-refractivity contribution is 7.80. The third-order valence-electron chi connectivity index (χ3n) is 3.12. The highest BCUT2D eigenvalue weighted by Gasteiger charge is 2.28. The minimum atomic E-state index is 0.578. The second kappa shape index (κ2) is 3.80. The molecule has 0 amide bonds. The molecule has 4 heteroatoms. The number of nitrogens with two attached hydrogens (primary N) is 1. The van der Waals surface area contributed by atoms with Crippen LogP contribution in [0.3, 0.4) is 0 Å². The molecule has 2 aliphatic heterocycles. The standard InChI is InChI=1S/C9H17N3S/c10-9(13)12-6-2-5-11-4-1-3-8(11)7-12/h8H,1-7H2,(H2,10,13). The second-order valence-corrected chi connectivity index (χ2v) is 4.39. The van der Waals surface area contributed by atoms with Crippen LogP contribution in [-0.2, 0) is 0 Å². The van der Waals surface area contributed by atoms with Gasteiger partial charge in [0.2, 0.25) is 0 Å². The van der Waals surface area contributed by atoms with Gasteiger partial charge in [-0.1, -0.05) is 0 Å². The van der Waals surface area contributed by atoms with Crippen LogP contribution < -0.4 is 5.73 Å². The molecular formula is C9H17N3S. The van der Waals surface area contributed by atoms with Gasteiger partial charge in [0.05, 0.1) is 0 Å². The summed E-state index contributed by atoms with van der Waals surface area (Å²) in [5.74, 6) is 0. The van der Waals surface area contributed by atoms with Crippen molar-refractivity contribution in [2.45, 2.75) is 25.3 Å². The zero-order chi connectivity index (χ0) is 9.26. The topological polar surface area (TPSA) is 32.5 Å². The van der Waals surface area contributed by atoms with E-state index in [-0.39, 0.29) is 0 Å². The van der Waals surface area contributed by atoms with Gasteiger partial charge in [-0.25, -0.2) is 0 Å². The number of hydrogen-bond acceptors (Lipinski definition) is 2. The molecule has 2 aliphatic rings. The first-order chi connectivity index (χ1) is 6.27. The first-order valence-corrected chi connectivity index (χ1v) is 5.46. The van der Waals surface area contributed by atoms with Gasteiger partial charge in [-0.15, -0.1) is 0 Å². The molecule has 2 rings (SSSR count). The van der Waals surface area contributed by atoms with Crippen LogP contribution in [0.2, 0.25) is 0 Å². The van der Waals surface area contributed by atoms with Crippen LogP contribution in [0.1, 0.15) is 19.3 Å². The Balaban J connectivity index is 2.00. The van der Waals surface area contributed by atoms with Gasteiger partial charge in [-0.05, 0) is 38.0 Å². The monoisotopic (exact) mass is 199 g/mol. The van der Waals surface area contributed by atoms with Crippen molar-refractivity contribution in [3.8, 4) is 0 Å². The lowest BCUT2D eigenvalue weighted by molar-refractivity contribution is 0.256. The van der Waals surface area contributed by atoms with Gasteiger partial charge in [-0.3, -0.25) is 4.90 Å². The fraction of sp³-hybridized carbons (Fsp3) is 0.889. The van der Waals surface area contributed by atoms with E-state index in [1.54, 1.807) is 0 Å². The van der Waals surface area contributed by atoms with Crippen molar-refractivity contribution in [1.82, 2.24) is 9.80 Å². The van der Waals surface area contributed by atoms with Crippen molar-refractivity contribution in [3.05, 3.63) is 0 Å². The molecule has 13 heavy (non-hydrogen) atoms. The van der Waals surface area contributed by atoms with Gasteiger partial charge in [0.1, 0.15) is 0 Å². The predicted octanol–water partition coefficient (Wildman–Crippen LogP) is 0.400. The quantitative estimate of drug-likeness (QED) is 0.572. The Morgan fingerprint density at radius 2 is 2.00 bits per heavy atom. The molecule has 1 unspecified atom stereocenters. The smallest absolute Gasteiger partial charge is 0.166 e. The van der Waals surface area contributed by atoms with Crippen LogP contribution in [-0.4, -0.2) is 47.1 Å². The van der Waals surface area contributed by atoms with Crippen LogP contribution in [0.25, 0.3) is 0 Å². The molecule has 0 aromatic rings. The summed E-state index contributed by atoms with van der Waals surface area (Å²) in [4.78, 5) is 4.74. The van der Waals surface area contributed by atoms with E-state index in [9.17, 15) is 0 Å². The Labute approximate surface area is 84.9 Å². The maximum atomic E-state index is 5.66. The minimum Gasteiger partial charge on any atom is -0.376 e. The van der Waals surface area contributed by atoms with Crippen molar-refractivity contribution in [3.63, 3.8) is 0 Å². The Morgan fingerprint density at radius 3 is 2.77 bits per heavy atom. The molecule has 0 radical (unpaired) electrons. The van der Waals surface area contributed by atoms with E-state index in [0.717, 1.165) is 13.1 Å². The summed E-state index contributed by atoms with van der Waals surface area (Å²) in [5, 5.41) is 0.578. The van der Waals surface area contributed by atoms with Crippen LogP contribution in [0.4, 0.5) is 0 Å². The molecule has 1 atom stereocenters. The molecule has 74 valence electrons. The Hall–Kier alpha value is -0.350. The fourth-order valence-corrected chi connectivity index (χ4v) is 2.57. The maximum absolute atomic E-state index is 5.66. The zero-order valence-electron chi connectivity index (χ0n) is 7.91. The number of rotatable bonds is 0. The molecule has 2 heterocycles. The molecular weight excluding hydrogens is 182 g/mol. The van der Waals surface area contributed by atoms with Crippen LogP contribution in [0.15, 0.2) is 0 Å². The van der Waals surface area contributed by atoms with Gasteiger partial charge < -0.3 is 10.6 Å². The van der Waals surface area contributed by atoms with Crippen LogP contribution in [0.5, 0.6) is 0 Å². The lowest BCUT2D eigenvalue weighted by Gasteiger charge is -2.25. The molecule has 0 bridgehead atoms. The largest absolute Gasteiger partial charge is 0.376 e. The Bertz CT molecular complexity index is 207. The summed E-state index contributed by atoms with van der Waals surface area (Å²) in [6.07, 6.45) is 3.86. The second-order valence-electron chi connectivity index (χ2n) is 3.97. The summed E-state index contributed by atoms with van der Waals surface area (Å²) in [6.45, 7) is 4.59. The number of thiocarbonyl (C=S) groups is 1. The summed E-state index contributed by atoms with van der Waals surface area (Å²) in [7, 11) is 0. The summed E-state index contributed by atoms with van der Waals surface area (Å²) in [5.41, 5.74) is 5.66. The molecule has 2 fully saturated rings. The van der Waals surface area contributed by atoms with E-state index < -0.39 is 0 Å². The van der Waals surface area contributed by atoms with Gasteiger partial charge in [0.25, 0.3) is 0 Å². The van der Waals surface area contributed by atoms with Gasteiger partial charge >= 0.3 is 0 Å². The third-order valence-corrected chi connectivity index (χ3v) is 3.37. The van der Waals surface area contributed by atoms with Gasteiger partial charge in [0, 0.05) is 25.7 Å². The minimum absolute atomic E-state index is 0.578. The molecule has 0 aromatic carbocycles. The molecule has 0 aromatic heterocycles. The van der Waals surface area contributed by atoms with Crippen LogP contribution in [0, 0.1) is 0 Å². The Kier molecular flexibility index (Phi) is 2.69. The van der Waals surface area contributed by atoms with Gasteiger partial charge in [-0.2, -0.15) is 0 Å². The third kappa shape index (κ3) is 1.94. The van der Waals surface area contributed by atoms with E-state index >= 15 is 0 Å². The highest BCUT2D eigenvalue weighted by Crippen LogP contribution is 2.20. The van der Waals surface area contributed by atoms with E-state index in [4.69, 9.17) is 18.0 Å². The van der Waals surface area contributed by atoms with E-state index in [2.05, 4.69) is 9.80 Å². The SMILES string of the molecule is NC(=S)N1CCCN2CCCC2C1.